The smallest absolute Gasteiger partial charge is 0.119 e. The molecule has 0 aliphatic rings. The second-order valence-electron chi connectivity index (χ2n) is 4.26. The molecule has 0 aliphatic carbocycles. The van der Waals surface area contributed by atoms with E-state index in [1.807, 2.05) is 54.6 Å². The van der Waals surface area contributed by atoms with Crippen LogP contribution in [0.25, 0.3) is 0 Å². The molecule has 0 saturated heterocycles. The number of ether oxygens (including phenoxy) is 1. The fourth-order valence-electron chi connectivity index (χ4n) is 1.62. The molecule has 19 heavy (non-hydrogen) atoms. The molecule has 0 heterocycles. The maximum Gasteiger partial charge on any atom is 0.119 e. The van der Waals surface area contributed by atoms with E-state index in [4.69, 9.17) is 4.74 Å². The fourth-order valence-corrected chi connectivity index (χ4v) is 1.62. The van der Waals surface area contributed by atoms with Gasteiger partial charge in [0.05, 0.1) is 6.61 Å². The zero-order valence-corrected chi connectivity index (χ0v) is 10.9. The van der Waals surface area contributed by atoms with Crippen LogP contribution in [0.3, 0.4) is 0 Å². The molecule has 1 nitrogen and oxygen atoms in total. The molecule has 0 fully saturated rings. The Kier molecular flexibility index (Phi) is 5.07. The fraction of sp³-hybridized carbons (Fsp3) is 0.167. The van der Waals surface area contributed by atoms with Gasteiger partial charge in [0.15, 0.2) is 0 Å². The average Bonchev–Trinajstić information content (AvgIpc) is 2.46. The highest BCUT2D eigenvalue weighted by atomic mass is 16.5. The first-order valence-corrected chi connectivity index (χ1v) is 6.43. The van der Waals surface area contributed by atoms with E-state index < -0.39 is 0 Å². The number of hydrogen-bond donors (Lipinski definition) is 0. The first kappa shape index (κ1) is 13.2. The van der Waals surface area contributed by atoms with Crippen LogP contribution in [0.4, 0.5) is 0 Å². The molecular formula is C18H17O. The summed E-state index contributed by atoms with van der Waals surface area (Å²) < 4.78 is 5.60. The van der Waals surface area contributed by atoms with E-state index in [1.54, 1.807) is 0 Å². The highest BCUT2D eigenvalue weighted by molar-refractivity contribution is 5.36. The first-order chi connectivity index (χ1) is 9.34. The van der Waals surface area contributed by atoms with Crippen LogP contribution < -0.4 is 4.74 Å². The van der Waals surface area contributed by atoms with Crippen LogP contribution in [-0.2, 0) is 0 Å². The Bertz CT molecular complexity index is 544. The van der Waals surface area contributed by atoms with Gasteiger partial charge in [0.1, 0.15) is 5.75 Å². The van der Waals surface area contributed by atoms with Crippen molar-refractivity contribution in [3.05, 3.63) is 72.6 Å². The Hall–Kier alpha value is -2.20. The normalized spacial score (nSPS) is 9.53. The van der Waals surface area contributed by atoms with Crippen LogP contribution in [0.1, 0.15) is 24.0 Å². The monoisotopic (exact) mass is 249 g/mol. The molecule has 1 radical (unpaired) electrons. The van der Waals surface area contributed by atoms with Gasteiger partial charge in [-0.2, -0.15) is 0 Å². The van der Waals surface area contributed by atoms with E-state index in [0.717, 1.165) is 29.7 Å². The van der Waals surface area contributed by atoms with Crippen molar-refractivity contribution in [3.63, 3.8) is 0 Å². The maximum atomic E-state index is 5.60. The van der Waals surface area contributed by atoms with Crippen LogP contribution in [0.15, 0.2) is 54.6 Å². The molecule has 0 unspecified atom stereocenters. The number of benzene rings is 2. The van der Waals surface area contributed by atoms with E-state index >= 15 is 0 Å². The Morgan fingerprint density at radius 2 is 1.68 bits per heavy atom. The largest absolute Gasteiger partial charge is 0.494 e. The lowest BCUT2D eigenvalue weighted by atomic mass is 10.1. The molecule has 2 aromatic carbocycles. The minimum Gasteiger partial charge on any atom is -0.494 e. The van der Waals surface area contributed by atoms with E-state index in [9.17, 15) is 0 Å². The highest BCUT2D eigenvalue weighted by Crippen LogP contribution is 2.08. The van der Waals surface area contributed by atoms with Gasteiger partial charge in [-0.3, -0.25) is 0 Å². The third kappa shape index (κ3) is 4.89. The summed E-state index contributed by atoms with van der Waals surface area (Å²) in [6, 6.07) is 17.8. The van der Waals surface area contributed by atoms with Gasteiger partial charge in [-0.05, 0) is 43.2 Å². The minimum atomic E-state index is 0.705. The molecule has 0 spiro atoms. The topological polar surface area (TPSA) is 9.23 Å². The van der Waals surface area contributed by atoms with E-state index in [-0.39, 0.29) is 0 Å². The summed E-state index contributed by atoms with van der Waals surface area (Å²) in [4.78, 5) is 0. The van der Waals surface area contributed by atoms with Gasteiger partial charge in [0.2, 0.25) is 0 Å². The predicted octanol–water partition coefficient (Wildman–Crippen LogP) is 4.08. The van der Waals surface area contributed by atoms with Crippen LogP contribution in [-0.4, -0.2) is 6.61 Å². The molecule has 0 atom stereocenters. The molecule has 0 bridgehead atoms. The third-order valence-corrected chi connectivity index (χ3v) is 2.64. The van der Waals surface area contributed by atoms with E-state index in [0.29, 0.717) is 6.61 Å². The summed E-state index contributed by atoms with van der Waals surface area (Å²) >= 11 is 0. The Morgan fingerprint density at radius 3 is 2.42 bits per heavy atom. The minimum absolute atomic E-state index is 0.705. The van der Waals surface area contributed by atoms with Gasteiger partial charge in [0.25, 0.3) is 0 Å². The lowest BCUT2D eigenvalue weighted by Gasteiger charge is -2.03. The zero-order valence-electron chi connectivity index (χ0n) is 10.9. The van der Waals surface area contributed by atoms with Gasteiger partial charge < -0.3 is 4.74 Å². The number of unbranched alkanes of at least 4 members (excludes halogenated alkanes) is 1. The molecule has 0 amide bonds. The van der Waals surface area contributed by atoms with Gasteiger partial charge in [-0.15, -0.1) is 0 Å². The Morgan fingerprint density at radius 1 is 0.947 bits per heavy atom. The molecular weight excluding hydrogens is 232 g/mol. The van der Waals surface area contributed by atoms with Gasteiger partial charge in [-0.25, -0.2) is 0 Å². The predicted molar refractivity (Wildman–Crippen MR) is 79.0 cm³/mol. The molecule has 0 N–H and O–H groups in total. The van der Waals surface area contributed by atoms with E-state index in [2.05, 4.69) is 18.8 Å². The van der Waals surface area contributed by atoms with Crippen molar-refractivity contribution in [2.75, 3.05) is 6.61 Å². The van der Waals surface area contributed by atoms with Crippen molar-refractivity contribution in [2.45, 2.75) is 12.8 Å². The lowest BCUT2D eigenvalue weighted by molar-refractivity contribution is 0.313. The maximum absolute atomic E-state index is 5.60. The molecule has 2 rings (SSSR count). The van der Waals surface area contributed by atoms with Crippen LogP contribution in [0.2, 0.25) is 0 Å². The van der Waals surface area contributed by atoms with Crippen molar-refractivity contribution in [3.8, 4) is 17.6 Å². The number of para-hydroxylation sites is 1. The second kappa shape index (κ2) is 7.28. The van der Waals surface area contributed by atoms with Crippen LogP contribution in [0, 0.1) is 18.8 Å². The van der Waals surface area contributed by atoms with Crippen molar-refractivity contribution < 1.29 is 4.74 Å². The van der Waals surface area contributed by atoms with Crippen LogP contribution >= 0.6 is 0 Å². The highest BCUT2D eigenvalue weighted by Gasteiger charge is 1.90. The van der Waals surface area contributed by atoms with Crippen molar-refractivity contribution in [1.29, 1.82) is 0 Å². The number of rotatable bonds is 4. The van der Waals surface area contributed by atoms with Gasteiger partial charge >= 0.3 is 0 Å². The standard InChI is InChI=1S/C18H17O/c1-16-11-13-17(14-12-16)8-4-3-7-15-19-18-9-5-2-6-10-18/h2,5-6,9-14H,1,3,7,15H2. The summed E-state index contributed by atoms with van der Waals surface area (Å²) in [5.41, 5.74) is 2.05. The second-order valence-corrected chi connectivity index (χ2v) is 4.26. The summed E-state index contributed by atoms with van der Waals surface area (Å²) in [6.45, 7) is 4.55. The SMILES string of the molecule is [CH2]c1ccc(C#CCCCOc2ccccc2)cc1. The summed E-state index contributed by atoms with van der Waals surface area (Å²) in [5, 5.41) is 0. The molecule has 0 saturated carbocycles. The first-order valence-electron chi connectivity index (χ1n) is 6.43. The van der Waals surface area contributed by atoms with Crippen molar-refractivity contribution in [2.24, 2.45) is 0 Å². The summed E-state index contributed by atoms with van der Waals surface area (Å²) in [6.07, 6.45) is 1.79. The summed E-state index contributed by atoms with van der Waals surface area (Å²) in [7, 11) is 0. The van der Waals surface area contributed by atoms with Crippen LogP contribution in [0.5, 0.6) is 5.75 Å². The summed E-state index contributed by atoms with van der Waals surface area (Å²) in [5.74, 6) is 7.21. The van der Waals surface area contributed by atoms with Gasteiger partial charge in [0, 0.05) is 12.0 Å². The lowest BCUT2D eigenvalue weighted by Crippen LogP contribution is -1.96. The molecule has 95 valence electrons. The quantitative estimate of drug-likeness (QED) is 0.586. The van der Waals surface area contributed by atoms with Gasteiger partial charge in [-0.1, -0.05) is 42.2 Å². The zero-order chi connectivity index (χ0) is 13.3. The Labute approximate surface area is 115 Å². The average molecular weight is 249 g/mol. The molecule has 0 aliphatic heterocycles. The van der Waals surface area contributed by atoms with Crippen molar-refractivity contribution in [1.82, 2.24) is 0 Å². The van der Waals surface area contributed by atoms with E-state index in [1.165, 1.54) is 0 Å². The number of hydrogen-bond acceptors (Lipinski definition) is 1. The Balaban J connectivity index is 1.69. The molecule has 2 aromatic rings. The van der Waals surface area contributed by atoms with Crippen molar-refractivity contribution >= 4 is 0 Å². The third-order valence-electron chi connectivity index (χ3n) is 2.64. The molecule has 1 heteroatoms. The molecule has 0 aromatic heterocycles.